The lowest BCUT2D eigenvalue weighted by atomic mass is 10.3. The Morgan fingerprint density at radius 3 is 2.82 bits per heavy atom. The van der Waals surface area contributed by atoms with Crippen LogP contribution < -0.4 is 5.32 Å². The van der Waals surface area contributed by atoms with Crippen molar-refractivity contribution < 1.29 is 9.53 Å². The van der Waals surface area contributed by atoms with Crippen molar-refractivity contribution in [1.82, 2.24) is 10.2 Å². The molecule has 0 bridgehead atoms. The summed E-state index contributed by atoms with van der Waals surface area (Å²) in [7, 11) is 0. The molecule has 0 aromatic rings. The summed E-state index contributed by atoms with van der Waals surface area (Å²) in [6.07, 6.45) is 8.02. The highest BCUT2D eigenvalue weighted by Crippen LogP contribution is 1.97. The number of ether oxygens (including phenoxy) is 1. The number of hydrogen-bond acceptors (Lipinski definition) is 3. The number of carbonyl (C=O) groups excluding carboxylic acids is 1. The van der Waals surface area contributed by atoms with E-state index in [-0.39, 0.29) is 5.91 Å². The van der Waals surface area contributed by atoms with E-state index in [1.54, 1.807) is 12.2 Å². The van der Waals surface area contributed by atoms with Gasteiger partial charge in [-0.3, -0.25) is 9.69 Å². The second-order valence-electron chi connectivity index (χ2n) is 3.98. The zero-order chi connectivity index (χ0) is 12.3. The van der Waals surface area contributed by atoms with Gasteiger partial charge in [-0.05, 0) is 19.9 Å². The molecule has 0 unspecified atom stereocenters. The van der Waals surface area contributed by atoms with Gasteiger partial charge in [0, 0.05) is 25.7 Å². The SMILES string of the molecule is C/C=C/C=C/C(=O)NCCCN1CCOCC1. The number of carbonyl (C=O) groups is 1. The first-order chi connectivity index (χ1) is 8.33. The minimum absolute atomic E-state index is 0.0231. The van der Waals surface area contributed by atoms with Gasteiger partial charge in [0.15, 0.2) is 0 Å². The topological polar surface area (TPSA) is 41.6 Å². The molecule has 1 saturated heterocycles. The van der Waals surface area contributed by atoms with Crippen LogP contribution in [0.15, 0.2) is 24.3 Å². The summed E-state index contributed by atoms with van der Waals surface area (Å²) in [5, 5.41) is 2.86. The van der Waals surface area contributed by atoms with Gasteiger partial charge in [-0.15, -0.1) is 0 Å². The van der Waals surface area contributed by atoms with Crippen LogP contribution in [-0.4, -0.2) is 50.2 Å². The normalized spacial score (nSPS) is 17.9. The predicted molar refractivity (Wildman–Crippen MR) is 68.8 cm³/mol. The lowest BCUT2D eigenvalue weighted by Gasteiger charge is -2.26. The lowest BCUT2D eigenvalue weighted by Crippen LogP contribution is -2.38. The Bertz CT molecular complexity index is 269. The molecule has 4 nitrogen and oxygen atoms in total. The molecule has 1 heterocycles. The molecule has 1 N–H and O–H groups in total. The molecule has 0 atom stereocenters. The second kappa shape index (κ2) is 8.96. The van der Waals surface area contributed by atoms with E-state index < -0.39 is 0 Å². The Balaban J connectivity index is 2.01. The van der Waals surface area contributed by atoms with Gasteiger partial charge in [0.05, 0.1) is 13.2 Å². The molecule has 0 aromatic heterocycles. The summed E-state index contributed by atoms with van der Waals surface area (Å²) in [5.41, 5.74) is 0. The first-order valence-corrected chi connectivity index (χ1v) is 6.20. The molecule has 1 aliphatic heterocycles. The largest absolute Gasteiger partial charge is 0.379 e. The van der Waals surface area contributed by atoms with E-state index in [0.29, 0.717) is 0 Å². The van der Waals surface area contributed by atoms with Crippen LogP contribution in [0.1, 0.15) is 13.3 Å². The molecule has 1 aliphatic rings. The fourth-order valence-electron chi connectivity index (χ4n) is 1.65. The Hall–Kier alpha value is -1.13. The number of allylic oxidation sites excluding steroid dienone is 3. The van der Waals surface area contributed by atoms with Gasteiger partial charge < -0.3 is 10.1 Å². The monoisotopic (exact) mass is 238 g/mol. The lowest BCUT2D eigenvalue weighted by molar-refractivity contribution is -0.116. The van der Waals surface area contributed by atoms with Crippen LogP contribution in [0.3, 0.4) is 0 Å². The molecular weight excluding hydrogens is 216 g/mol. The van der Waals surface area contributed by atoms with Gasteiger partial charge >= 0.3 is 0 Å². The summed E-state index contributed by atoms with van der Waals surface area (Å²) in [4.78, 5) is 13.7. The van der Waals surface area contributed by atoms with Gasteiger partial charge in [-0.1, -0.05) is 18.2 Å². The molecule has 0 aliphatic carbocycles. The molecule has 1 amide bonds. The van der Waals surface area contributed by atoms with Crippen LogP contribution in [0.5, 0.6) is 0 Å². The third-order valence-electron chi connectivity index (χ3n) is 2.61. The number of nitrogens with one attached hydrogen (secondary N) is 1. The molecule has 1 fully saturated rings. The van der Waals surface area contributed by atoms with Gasteiger partial charge in [0.1, 0.15) is 0 Å². The quantitative estimate of drug-likeness (QED) is 0.426. The van der Waals surface area contributed by atoms with E-state index in [2.05, 4.69) is 10.2 Å². The van der Waals surface area contributed by atoms with Crippen molar-refractivity contribution in [3.8, 4) is 0 Å². The molecule has 0 radical (unpaired) electrons. The minimum Gasteiger partial charge on any atom is -0.379 e. The molecule has 1 rings (SSSR count). The third kappa shape index (κ3) is 6.92. The molecular formula is C13H22N2O2. The standard InChI is InChI=1S/C13H22N2O2/c1-2-3-4-6-13(16)14-7-5-8-15-9-11-17-12-10-15/h2-4,6H,5,7-12H2,1H3,(H,14,16)/b3-2+,6-4+. The summed E-state index contributed by atoms with van der Waals surface area (Å²) in [6.45, 7) is 7.37. The Morgan fingerprint density at radius 2 is 2.12 bits per heavy atom. The maximum Gasteiger partial charge on any atom is 0.243 e. The molecule has 17 heavy (non-hydrogen) atoms. The number of rotatable bonds is 6. The van der Waals surface area contributed by atoms with Crippen LogP contribution in [0.2, 0.25) is 0 Å². The van der Waals surface area contributed by atoms with Crippen molar-refractivity contribution in [1.29, 1.82) is 0 Å². The van der Waals surface area contributed by atoms with Crippen molar-refractivity contribution in [2.75, 3.05) is 39.4 Å². The van der Waals surface area contributed by atoms with E-state index in [9.17, 15) is 4.79 Å². The van der Waals surface area contributed by atoms with Gasteiger partial charge in [-0.2, -0.15) is 0 Å². The van der Waals surface area contributed by atoms with E-state index in [4.69, 9.17) is 4.74 Å². The van der Waals surface area contributed by atoms with Crippen LogP contribution in [0.25, 0.3) is 0 Å². The molecule has 96 valence electrons. The highest BCUT2D eigenvalue weighted by molar-refractivity contribution is 5.87. The average Bonchev–Trinajstić information content (AvgIpc) is 2.36. The number of hydrogen-bond donors (Lipinski definition) is 1. The minimum atomic E-state index is -0.0231. The highest BCUT2D eigenvalue weighted by atomic mass is 16.5. The summed E-state index contributed by atoms with van der Waals surface area (Å²) in [6, 6.07) is 0. The van der Waals surface area contributed by atoms with Crippen molar-refractivity contribution in [3.05, 3.63) is 24.3 Å². The number of nitrogens with zero attached hydrogens (tertiary/aromatic N) is 1. The third-order valence-corrected chi connectivity index (χ3v) is 2.61. The average molecular weight is 238 g/mol. The first-order valence-electron chi connectivity index (χ1n) is 6.20. The first kappa shape index (κ1) is 13.9. The van der Waals surface area contributed by atoms with Crippen LogP contribution in [0.4, 0.5) is 0 Å². The zero-order valence-electron chi connectivity index (χ0n) is 10.5. The van der Waals surface area contributed by atoms with Crippen LogP contribution in [-0.2, 0) is 9.53 Å². The smallest absolute Gasteiger partial charge is 0.243 e. The Morgan fingerprint density at radius 1 is 1.35 bits per heavy atom. The van der Waals surface area contributed by atoms with E-state index >= 15 is 0 Å². The highest BCUT2D eigenvalue weighted by Gasteiger charge is 2.08. The second-order valence-corrected chi connectivity index (χ2v) is 3.98. The van der Waals surface area contributed by atoms with Crippen molar-refractivity contribution in [3.63, 3.8) is 0 Å². The number of morpholine rings is 1. The van der Waals surface area contributed by atoms with E-state index in [0.717, 1.165) is 45.8 Å². The van der Waals surface area contributed by atoms with Crippen molar-refractivity contribution in [2.24, 2.45) is 0 Å². The molecule has 0 saturated carbocycles. The predicted octanol–water partition coefficient (Wildman–Crippen LogP) is 0.957. The van der Waals surface area contributed by atoms with Crippen molar-refractivity contribution in [2.45, 2.75) is 13.3 Å². The fourth-order valence-corrected chi connectivity index (χ4v) is 1.65. The molecule has 4 heteroatoms. The van der Waals surface area contributed by atoms with Crippen LogP contribution >= 0.6 is 0 Å². The van der Waals surface area contributed by atoms with Crippen molar-refractivity contribution >= 4 is 5.91 Å². The van der Waals surface area contributed by atoms with E-state index in [1.165, 1.54) is 0 Å². The van der Waals surface area contributed by atoms with Crippen LogP contribution in [0, 0.1) is 0 Å². The molecule has 0 spiro atoms. The fraction of sp³-hybridized carbons (Fsp3) is 0.615. The molecule has 0 aromatic carbocycles. The maximum absolute atomic E-state index is 11.3. The summed E-state index contributed by atoms with van der Waals surface area (Å²) in [5.74, 6) is -0.0231. The Kier molecular flexibility index (Phi) is 7.34. The van der Waals surface area contributed by atoms with Gasteiger partial charge in [-0.25, -0.2) is 0 Å². The van der Waals surface area contributed by atoms with E-state index in [1.807, 2.05) is 19.1 Å². The zero-order valence-corrected chi connectivity index (χ0v) is 10.5. The van der Waals surface area contributed by atoms with Gasteiger partial charge in [0.25, 0.3) is 0 Å². The maximum atomic E-state index is 11.3. The Labute approximate surface area is 103 Å². The van der Waals surface area contributed by atoms with Gasteiger partial charge in [0.2, 0.25) is 5.91 Å². The number of amides is 1. The summed E-state index contributed by atoms with van der Waals surface area (Å²) >= 11 is 0. The summed E-state index contributed by atoms with van der Waals surface area (Å²) < 4.78 is 5.27.